The normalized spacial score (nSPS) is 13.8. The highest BCUT2D eigenvalue weighted by Crippen LogP contribution is 2.12. The second-order valence-corrected chi connectivity index (χ2v) is 2.10. The van der Waals surface area contributed by atoms with E-state index in [1.807, 2.05) is 0 Å². The van der Waals surface area contributed by atoms with Crippen LogP contribution in [0.4, 0.5) is 0 Å². The molecule has 1 heteroatoms. The molecule has 0 aromatic carbocycles. The molecule has 0 saturated heterocycles. The zero-order valence-electron chi connectivity index (χ0n) is 5.85. The average molecular weight is 109 g/mol. The molecule has 1 atom stereocenters. The van der Waals surface area contributed by atoms with Crippen LogP contribution in [0.3, 0.4) is 0 Å². The molecule has 0 aromatic rings. The van der Waals surface area contributed by atoms with Crippen molar-refractivity contribution in [2.24, 2.45) is 0 Å². The first kappa shape index (κ1) is 8.06. The summed E-state index contributed by atoms with van der Waals surface area (Å²) in [5.74, 6) is 0.398. The lowest BCUT2D eigenvalue weighted by Gasteiger charge is -2.04. The smallest absolute Gasteiger partial charge is 0.0699 e. The minimum atomic E-state index is 0.398. The van der Waals surface area contributed by atoms with E-state index < -0.39 is 0 Å². The molecular formula is C7H14B. The quantitative estimate of drug-likeness (QED) is 0.486. The summed E-state index contributed by atoms with van der Waals surface area (Å²) >= 11 is 0. The Morgan fingerprint density at radius 2 is 2.12 bits per heavy atom. The predicted octanol–water partition coefficient (Wildman–Crippen LogP) is 2.36. The van der Waals surface area contributed by atoms with Crippen LogP contribution in [0, 0.1) is 6.42 Å². The molecule has 0 aliphatic rings. The Bertz CT molecular complexity index is 43.7. The first-order valence-electron chi connectivity index (χ1n) is 3.38. The lowest BCUT2D eigenvalue weighted by atomic mass is 9.81. The van der Waals surface area contributed by atoms with Crippen LogP contribution in [0.5, 0.6) is 0 Å². The SMILES string of the molecule is [B]C(CC)C[CH]CC. The van der Waals surface area contributed by atoms with Crippen molar-refractivity contribution in [3.8, 4) is 0 Å². The lowest BCUT2D eigenvalue weighted by Crippen LogP contribution is -1.89. The summed E-state index contributed by atoms with van der Waals surface area (Å²) in [6.07, 6.45) is 5.55. The van der Waals surface area contributed by atoms with Crippen LogP contribution in [0.1, 0.15) is 33.1 Å². The summed E-state index contributed by atoms with van der Waals surface area (Å²) in [6, 6.07) is 0. The molecule has 0 spiro atoms. The van der Waals surface area contributed by atoms with E-state index >= 15 is 0 Å². The monoisotopic (exact) mass is 109 g/mol. The van der Waals surface area contributed by atoms with Gasteiger partial charge in [-0.1, -0.05) is 38.9 Å². The summed E-state index contributed by atoms with van der Waals surface area (Å²) in [5, 5.41) is 0. The van der Waals surface area contributed by atoms with Gasteiger partial charge in [-0.05, 0) is 6.42 Å². The molecule has 0 aromatic heterocycles. The molecule has 3 radical (unpaired) electrons. The largest absolute Gasteiger partial charge is 0.0774 e. The molecule has 0 heterocycles. The van der Waals surface area contributed by atoms with Gasteiger partial charge in [-0.15, -0.1) is 0 Å². The molecule has 0 N–H and O–H groups in total. The molecule has 0 aliphatic heterocycles. The molecule has 1 unspecified atom stereocenters. The Hall–Kier alpha value is 0.0649. The van der Waals surface area contributed by atoms with E-state index in [0.717, 1.165) is 19.3 Å². The highest BCUT2D eigenvalue weighted by molar-refractivity contribution is 6.11. The summed E-state index contributed by atoms with van der Waals surface area (Å²) in [5.41, 5.74) is 0. The van der Waals surface area contributed by atoms with Gasteiger partial charge in [0.1, 0.15) is 0 Å². The Kier molecular flexibility index (Phi) is 5.25. The Morgan fingerprint density at radius 1 is 1.50 bits per heavy atom. The molecule has 0 bridgehead atoms. The van der Waals surface area contributed by atoms with Crippen molar-refractivity contribution in [1.82, 2.24) is 0 Å². The van der Waals surface area contributed by atoms with Crippen LogP contribution in [0.2, 0.25) is 5.82 Å². The topological polar surface area (TPSA) is 0 Å². The number of rotatable bonds is 4. The zero-order chi connectivity index (χ0) is 6.41. The molecule has 0 saturated carbocycles. The van der Waals surface area contributed by atoms with Crippen LogP contribution >= 0.6 is 0 Å². The molecular weight excluding hydrogens is 94.9 g/mol. The van der Waals surface area contributed by atoms with E-state index in [9.17, 15) is 0 Å². The molecule has 45 valence electrons. The third kappa shape index (κ3) is 4.23. The van der Waals surface area contributed by atoms with E-state index in [1.165, 1.54) is 0 Å². The van der Waals surface area contributed by atoms with Crippen LogP contribution in [0.15, 0.2) is 0 Å². The van der Waals surface area contributed by atoms with Crippen LogP contribution in [-0.2, 0) is 0 Å². The van der Waals surface area contributed by atoms with Gasteiger partial charge in [0, 0.05) is 0 Å². The number of unbranched alkanes of at least 4 members (excludes halogenated alkanes) is 1. The van der Waals surface area contributed by atoms with Crippen LogP contribution in [-0.4, -0.2) is 7.85 Å². The maximum Gasteiger partial charge on any atom is 0.0699 e. The summed E-state index contributed by atoms with van der Waals surface area (Å²) in [6.45, 7) is 4.26. The fraction of sp³-hybridized carbons (Fsp3) is 0.857. The van der Waals surface area contributed by atoms with Crippen molar-refractivity contribution in [1.29, 1.82) is 0 Å². The lowest BCUT2D eigenvalue weighted by molar-refractivity contribution is 0.758. The van der Waals surface area contributed by atoms with E-state index in [0.29, 0.717) is 5.82 Å². The number of hydrogen-bond acceptors (Lipinski definition) is 0. The first-order chi connectivity index (χ1) is 3.81. The van der Waals surface area contributed by atoms with Gasteiger partial charge in [0.25, 0.3) is 0 Å². The molecule has 0 amide bonds. The van der Waals surface area contributed by atoms with Crippen molar-refractivity contribution in [2.75, 3.05) is 0 Å². The zero-order valence-corrected chi connectivity index (χ0v) is 5.85. The molecule has 0 aliphatic carbocycles. The predicted molar refractivity (Wildman–Crippen MR) is 39.0 cm³/mol. The second-order valence-electron chi connectivity index (χ2n) is 2.10. The molecule has 0 rings (SSSR count). The van der Waals surface area contributed by atoms with Crippen molar-refractivity contribution < 1.29 is 0 Å². The number of hydrogen-bond donors (Lipinski definition) is 0. The average Bonchev–Trinajstić information content (AvgIpc) is 1.83. The fourth-order valence-electron chi connectivity index (χ4n) is 0.547. The van der Waals surface area contributed by atoms with E-state index in [4.69, 9.17) is 7.85 Å². The van der Waals surface area contributed by atoms with E-state index in [1.54, 1.807) is 0 Å². The second kappa shape index (κ2) is 5.21. The summed E-state index contributed by atoms with van der Waals surface area (Å²) < 4.78 is 0. The van der Waals surface area contributed by atoms with Crippen molar-refractivity contribution >= 4 is 7.85 Å². The van der Waals surface area contributed by atoms with Gasteiger partial charge < -0.3 is 0 Å². The Balaban J connectivity index is 2.86. The van der Waals surface area contributed by atoms with E-state index in [-0.39, 0.29) is 0 Å². The van der Waals surface area contributed by atoms with Gasteiger partial charge in [-0.25, -0.2) is 0 Å². The van der Waals surface area contributed by atoms with Gasteiger partial charge in [0.05, 0.1) is 7.85 Å². The molecule has 8 heavy (non-hydrogen) atoms. The van der Waals surface area contributed by atoms with Crippen LogP contribution in [0.25, 0.3) is 0 Å². The van der Waals surface area contributed by atoms with Crippen molar-refractivity contribution in [3.05, 3.63) is 6.42 Å². The minimum absolute atomic E-state index is 0.398. The Labute approximate surface area is 54.1 Å². The van der Waals surface area contributed by atoms with Gasteiger partial charge in [-0.3, -0.25) is 0 Å². The van der Waals surface area contributed by atoms with Gasteiger partial charge >= 0.3 is 0 Å². The van der Waals surface area contributed by atoms with Gasteiger partial charge in [0.2, 0.25) is 0 Å². The highest BCUT2D eigenvalue weighted by Gasteiger charge is 1.94. The standard InChI is InChI=1S/C7H14B/c1-3-5-6-7(8)4-2/h5,7H,3-4,6H2,1-2H3. The summed E-state index contributed by atoms with van der Waals surface area (Å²) in [7, 11) is 5.63. The maximum absolute atomic E-state index is 5.63. The third-order valence-corrected chi connectivity index (χ3v) is 1.28. The third-order valence-electron chi connectivity index (χ3n) is 1.28. The van der Waals surface area contributed by atoms with Crippen molar-refractivity contribution in [3.63, 3.8) is 0 Å². The van der Waals surface area contributed by atoms with Gasteiger partial charge in [-0.2, -0.15) is 0 Å². The highest BCUT2D eigenvalue weighted by atomic mass is 13.9. The van der Waals surface area contributed by atoms with E-state index in [2.05, 4.69) is 20.3 Å². The summed E-state index contributed by atoms with van der Waals surface area (Å²) in [4.78, 5) is 0. The Morgan fingerprint density at radius 3 is 2.50 bits per heavy atom. The van der Waals surface area contributed by atoms with Crippen LogP contribution < -0.4 is 0 Å². The van der Waals surface area contributed by atoms with Crippen molar-refractivity contribution in [2.45, 2.75) is 38.9 Å². The van der Waals surface area contributed by atoms with Gasteiger partial charge in [0.15, 0.2) is 0 Å². The molecule has 0 fully saturated rings. The fourth-order valence-corrected chi connectivity index (χ4v) is 0.547. The maximum atomic E-state index is 5.63. The first-order valence-corrected chi connectivity index (χ1v) is 3.38. The molecule has 0 nitrogen and oxygen atoms in total. The minimum Gasteiger partial charge on any atom is -0.0774 e.